The molecular weight excluding hydrogens is 258 g/mol. The zero-order chi connectivity index (χ0) is 14.4. The summed E-state index contributed by atoms with van der Waals surface area (Å²) in [4.78, 5) is 24.1. The van der Waals surface area contributed by atoms with E-state index in [-0.39, 0.29) is 0 Å². The van der Waals surface area contributed by atoms with Crippen LogP contribution in [0, 0.1) is 5.41 Å². The van der Waals surface area contributed by atoms with Crippen molar-refractivity contribution >= 4 is 17.6 Å². The number of urea groups is 1. The number of ketones is 1. The van der Waals surface area contributed by atoms with E-state index in [0.29, 0.717) is 0 Å². The molecule has 106 valence electrons. The van der Waals surface area contributed by atoms with Crippen LogP contribution in [0.5, 0.6) is 0 Å². The van der Waals surface area contributed by atoms with Gasteiger partial charge in [0.05, 0.1) is 13.2 Å². The molecule has 2 amide bonds. The van der Waals surface area contributed by atoms with Crippen molar-refractivity contribution in [2.45, 2.75) is 31.0 Å². The van der Waals surface area contributed by atoms with Gasteiger partial charge in [-0.15, -0.1) is 0 Å². The van der Waals surface area contributed by atoms with Crippen molar-refractivity contribution in [2.75, 3.05) is 13.2 Å². The van der Waals surface area contributed by atoms with E-state index in [4.69, 9.17) is 15.3 Å². The van der Waals surface area contributed by atoms with Gasteiger partial charge in [0.15, 0.2) is 11.6 Å². The molecule has 0 aromatic carbocycles. The molecule has 0 unspecified atom stereocenters. The summed E-state index contributed by atoms with van der Waals surface area (Å²) in [5.41, 5.74) is -1.65. The molecular formula is C10H15N3O6. The summed E-state index contributed by atoms with van der Waals surface area (Å²) in [5.74, 6) is -1.17. The Labute approximate surface area is 108 Å². The van der Waals surface area contributed by atoms with Gasteiger partial charge in [-0.3, -0.25) is 20.4 Å². The summed E-state index contributed by atoms with van der Waals surface area (Å²) in [6, 6.07) is -0.781. The second kappa shape index (κ2) is 4.53. The highest BCUT2D eigenvalue weighted by molar-refractivity contribution is 6.42. The lowest BCUT2D eigenvalue weighted by Gasteiger charge is -2.41. The topological polar surface area (TPSA) is 143 Å². The van der Waals surface area contributed by atoms with E-state index in [1.54, 1.807) is 0 Å². The Bertz CT molecular complexity index is 441. The Balaban J connectivity index is 2.27. The van der Waals surface area contributed by atoms with Gasteiger partial charge in [-0.1, -0.05) is 0 Å². The Morgan fingerprint density at radius 2 is 2.16 bits per heavy atom. The van der Waals surface area contributed by atoms with E-state index >= 15 is 0 Å². The summed E-state index contributed by atoms with van der Waals surface area (Å²) >= 11 is 0. The quantitative estimate of drug-likeness (QED) is 0.373. The number of ether oxygens (including phenoxy) is 1. The minimum Gasteiger partial charge on any atom is -0.394 e. The molecule has 0 bridgehead atoms. The van der Waals surface area contributed by atoms with Crippen LogP contribution in [-0.4, -0.2) is 75.1 Å². The SMILES string of the molecule is C[C@@]1(N2CC(=O)C(=N)NC2=O)O[C@H](CO)[C@@H](O)[C@H]1O. The van der Waals surface area contributed by atoms with Gasteiger partial charge >= 0.3 is 6.03 Å². The van der Waals surface area contributed by atoms with E-state index in [9.17, 15) is 19.8 Å². The van der Waals surface area contributed by atoms with E-state index in [2.05, 4.69) is 0 Å². The standard InChI is InChI=1S/C10H15N3O6/c1-10(7(17)6(16)5(3-14)19-10)13-2-4(15)8(11)12-9(13)18/h5-7,14,16-17H,2-3H2,1H3,(H2,11,12,18)/t5-,6-,7-,10-/m1/s1. The van der Waals surface area contributed by atoms with Crippen LogP contribution in [0.4, 0.5) is 4.79 Å². The van der Waals surface area contributed by atoms with Crippen LogP contribution >= 0.6 is 0 Å². The van der Waals surface area contributed by atoms with E-state index in [0.717, 1.165) is 4.90 Å². The maximum Gasteiger partial charge on any atom is 0.325 e. The van der Waals surface area contributed by atoms with Gasteiger partial charge in [0.1, 0.15) is 18.3 Å². The predicted molar refractivity (Wildman–Crippen MR) is 60.3 cm³/mol. The molecule has 5 N–H and O–H groups in total. The van der Waals surface area contributed by atoms with Crippen molar-refractivity contribution < 1.29 is 29.6 Å². The highest BCUT2D eigenvalue weighted by Crippen LogP contribution is 2.34. The molecule has 0 radical (unpaired) electrons. The molecule has 9 heteroatoms. The fourth-order valence-electron chi connectivity index (χ4n) is 2.23. The van der Waals surface area contributed by atoms with Gasteiger partial charge in [0.25, 0.3) is 0 Å². The fraction of sp³-hybridized carbons (Fsp3) is 0.700. The lowest BCUT2D eigenvalue weighted by molar-refractivity contribution is -0.160. The molecule has 2 saturated heterocycles. The van der Waals surface area contributed by atoms with Crippen LogP contribution in [0.1, 0.15) is 6.92 Å². The number of hydrogen-bond donors (Lipinski definition) is 5. The number of aliphatic hydroxyl groups is 3. The predicted octanol–water partition coefficient (Wildman–Crippen LogP) is -2.61. The number of aliphatic hydroxyl groups excluding tert-OH is 3. The Kier molecular flexibility index (Phi) is 3.31. The lowest BCUT2D eigenvalue weighted by Crippen LogP contribution is -2.65. The third-order valence-corrected chi connectivity index (χ3v) is 3.42. The van der Waals surface area contributed by atoms with Crippen LogP contribution in [0.15, 0.2) is 0 Å². The Morgan fingerprint density at radius 1 is 1.53 bits per heavy atom. The van der Waals surface area contributed by atoms with E-state index in [1.165, 1.54) is 6.92 Å². The summed E-state index contributed by atoms with van der Waals surface area (Å²) in [5, 5.41) is 38.0. The molecule has 2 aliphatic heterocycles. The number of carbonyl (C=O) groups is 2. The van der Waals surface area contributed by atoms with Gasteiger partial charge in [-0.25, -0.2) is 4.79 Å². The first kappa shape index (κ1) is 13.9. The maximum atomic E-state index is 11.8. The Morgan fingerprint density at radius 3 is 2.68 bits per heavy atom. The summed E-state index contributed by atoms with van der Waals surface area (Å²) in [6.45, 7) is 0.356. The molecule has 0 aromatic rings. The first-order valence-corrected chi connectivity index (χ1v) is 5.66. The number of amidine groups is 1. The third-order valence-electron chi connectivity index (χ3n) is 3.42. The van der Waals surface area contributed by atoms with Crippen LogP contribution in [0.3, 0.4) is 0 Å². The van der Waals surface area contributed by atoms with Crippen molar-refractivity contribution in [3.63, 3.8) is 0 Å². The van der Waals surface area contributed by atoms with Gasteiger partial charge in [-0.05, 0) is 6.92 Å². The summed E-state index contributed by atoms with van der Waals surface area (Å²) in [7, 11) is 0. The minimum atomic E-state index is -1.65. The molecule has 2 fully saturated rings. The first-order valence-electron chi connectivity index (χ1n) is 5.66. The van der Waals surface area contributed by atoms with Crippen LogP contribution in [0.2, 0.25) is 0 Å². The van der Waals surface area contributed by atoms with Crippen molar-refractivity contribution in [1.29, 1.82) is 5.41 Å². The normalized spacial score (nSPS) is 39.7. The zero-order valence-corrected chi connectivity index (χ0v) is 10.2. The van der Waals surface area contributed by atoms with Gasteiger partial charge in [0, 0.05) is 0 Å². The number of amides is 2. The molecule has 0 aromatic heterocycles. The number of rotatable bonds is 2. The van der Waals surface area contributed by atoms with E-state index < -0.39 is 54.8 Å². The minimum absolute atomic E-state index is 0.441. The van der Waals surface area contributed by atoms with Gasteiger partial charge in [0.2, 0.25) is 5.78 Å². The van der Waals surface area contributed by atoms with Crippen LogP contribution in [-0.2, 0) is 9.53 Å². The fourth-order valence-corrected chi connectivity index (χ4v) is 2.23. The third kappa shape index (κ3) is 2.00. The molecule has 4 atom stereocenters. The van der Waals surface area contributed by atoms with Gasteiger partial charge < -0.3 is 20.1 Å². The second-order valence-electron chi connectivity index (χ2n) is 4.64. The van der Waals surface area contributed by atoms with Gasteiger partial charge in [-0.2, -0.15) is 0 Å². The maximum absolute atomic E-state index is 11.8. The average molecular weight is 273 g/mol. The second-order valence-corrected chi connectivity index (χ2v) is 4.64. The summed E-state index contributed by atoms with van der Waals surface area (Å²) in [6.07, 6.45) is -3.90. The molecule has 0 aliphatic carbocycles. The zero-order valence-electron chi connectivity index (χ0n) is 10.2. The van der Waals surface area contributed by atoms with Crippen LogP contribution < -0.4 is 5.32 Å². The highest BCUT2D eigenvalue weighted by atomic mass is 16.6. The monoisotopic (exact) mass is 273 g/mol. The first-order chi connectivity index (χ1) is 8.81. The lowest BCUT2D eigenvalue weighted by atomic mass is 10.0. The number of nitrogens with zero attached hydrogens (tertiary/aromatic N) is 1. The number of Topliss-reactive ketones (excluding diaryl/α,β-unsaturated/α-hetero) is 1. The molecule has 0 spiro atoms. The largest absolute Gasteiger partial charge is 0.394 e. The molecule has 9 nitrogen and oxygen atoms in total. The van der Waals surface area contributed by atoms with Crippen molar-refractivity contribution in [1.82, 2.24) is 10.2 Å². The molecule has 2 rings (SSSR count). The summed E-state index contributed by atoms with van der Waals surface area (Å²) < 4.78 is 5.31. The molecule has 19 heavy (non-hydrogen) atoms. The number of hydrogen-bond acceptors (Lipinski definition) is 7. The van der Waals surface area contributed by atoms with Crippen molar-refractivity contribution in [3.05, 3.63) is 0 Å². The smallest absolute Gasteiger partial charge is 0.325 e. The molecule has 0 saturated carbocycles. The Hall–Kier alpha value is -1.55. The van der Waals surface area contributed by atoms with Crippen molar-refractivity contribution in [3.8, 4) is 0 Å². The molecule has 2 aliphatic rings. The number of carbonyl (C=O) groups excluding carboxylic acids is 2. The highest BCUT2D eigenvalue weighted by Gasteiger charge is 2.57. The number of nitrogens with one attached hydrogen (secondary N) is 2. The molecule has 2 heterocycles. The van der Waals surface area contributed by atoms with Crippen LogP contribution in [0.25, 0.3) is 0 Å². The van der Waals surface area contributed by atoms with Crippen molar-refractivity contribution in [2.24, 2.45) is 0 Å². The van der Waals surface area contributed by atoms with E-state index in [1.807, 2.05) is 5.32 Å². The average Bonchev–Trinajstić information content (AvgIpc) is 2.59.